The first kappa shape index (κ1) is 16.1. The Morgan fingerprint density at radius 1 is 1.16 bits per heavy atom. The lowest BCUT2D eigenvalue weighted by molar-refractivity contribution is -0.385. The van der Waals surface area contributed by atoms with E-state index in [4.69, 9.17) is 0 Å². The minimum atomic E-state index is -0.510. The second-order valence-electron chi connectivity index (χ2n) is 5.05. The van der Waals surface area contributed by atoms with E-state index in [9.17, 15) is 14.9 Å². The molecule has 3 rings (SSSR count). The Bertz CT molecular complexity index is 934. The standard InChI is InChI=1S/C17H13N5O3/c23-17(15-10-14(19-20-15)12-6-2-1-3-7-12)21-18-11-13-8-4-5-9-16(13)22(24)25/h1-11H,(H,19,20)(H,21,23)/b18-11+. The molecule has 2 aromatic carbocycles. The summed E-state index contributed by atoms with van der Waals surface area (Å²) < 4.78 is 0. The normalized spacial score (nSPS) is 10.7. The quantitative estimate of drug-likeness (QED) is 0.424. The molecule has 0 fully saturated rings. The molecule has 1 aromatic heterocycles. The summed E-state index contributed by atoms with van der Waals surface area (Å²) in [5.74, 6) is -0.496. The van der Waals surface area contributed by atoms with E-state index in [0.29, 0.717) is 11.3 Å². The third-order valence-electron chi connectivity index (χ3n) is 3.40. The minimum Gasteiger partial charge on any atom is -0.272 e. The number of nitrogens with zero attached hydrogens (tertiary/aromatic N) is 3. The second-order valence-corrected chi connectivity index (χ2v) is 5.05. The number of aromatic amines is 1. The lowest BCUT2D eigenvalue weighted by Crippen LogP contribution is -2.18. The zero-order valence-electron chi connectivity index (χ0n) is 12.9. The molecule has 0 aliphatic heterocycles. The van der Waals surface area contributed by atoms with Gasteiger partial charge in [-0.25, -0.2) is 5.43 Å². The average molecular weight is 335 g/mol. The first-order chi connectivity index (χ1) is 12.1. The monoisotopic (exact) mass is 335 g/mol. The SMILES string of the molecule is O=C(N/N=C/c1ccccc1[N+](=O)[O-])c1cc(-c2ccccc2)n[nH]1. The zero-order valence-corrected chi connectivity index (χ0v) is 12.9. The number of nitro benzene ring substituents is 1. The molecule has 0 spiro atoms. The van der Waals surface area contributed by atoms with E-state index in [2.05, 4.69) is 20.7 Å². The maximum atomic E-state index is 12.1. The van der Waals surface area contributed by atoms with Gasteiger partial charge in [0.05, 0.1) is 22.4 Å². The molecule has 3 aromatic rings. The number of benzene rings is 2. The van der Waals surface area contributed by atoms with Crippen LogP contribution in [-0.2, 0) is 0 Å². The predicted octanol–water partition coefficient (Wildman–Crippen LogP) is 2.75. The summed E-state index contributed by atoms with van der Waals surface area (Å²) in [6, 6.07) is 17.1. The van der Waals surface area contributed by atoms with Crippen LogP contribution in [0.1, 0.15) is 16.1 Å². The van der Waals surface area contributed by atoms with E-state index in [1.54, 1.807) is 18.2 Å². The number of H-pyrrole nitrogens is 1. The maximum Gasteiger partial charge on any atom is 0.289 e. The lowest BCUT2D eigenvalue weighted by atomic mass is 10.1. The Balaban J connectivity index is 1.70. The Morgan fingerprint density at radius 3 is 2.64 bits per heavy atom. The van der Waals surface area contributed by atoms with Crippen molar-refractivity contribution in [3.8, 4) is 11.3 Å². The fourth-order valence-corrected chi connectivity index (χ4v) is 2.18. The van der Waals surface area contributed by atoms with Crippen molar-refractivity contribution in [1.82, 2.24) is 15.6 Å². The van der Waals surface area contributed by atoms with E-state index in [-0.39, 0.29) is 11.4 Å². The third-order valence-corrected chi connectivity index (χ3v) is 3.40. The smallest absolute Gasteiger partial charge is 0.272 e. The molecule has 0 aliphatic rings. The van der Waals surface area contributed by atoms with E-state index >= 15 is 0 Å². The molecule has 0 radical (unpaired) electrons. The summed E-state index contributed by atoms with van der Waals surface area (Å²) >= 11 is 0. The van der Waals surface area contributed by atoms with Crippen molar-refractivity contribution in [3.63, 3.8) is 0 Å². The number of carbonyl (C=O) groups excluding carboxylic acids is 1. The first-order valence-electron chi connectivity index (χ1n) is 7.33. The average Bonchev–Trinajstić information content (AvgIpc) is 3.13. The van der Waals surface area contributed by atoms with Crippen molar-refractivity contribution >= 4 is 17.8 Å². The fourth-order valence-electron chi connectivity index (χ4n) is 2.18. The second kappa shape index (κ2) is 7.18. The van der Waals surface area contributed by atoms with Crippen molar-refractivity contribution in [2.24, 2.45) is 5.10 Å². The van der Waals surface area contributed by atoms with E-state index in [1.165, 1.54) is 18.3 Å². The maximum absolute atomic E-state index is 12.1. The van der Waals surface area contributed by atoms with Gasteiger partial charge in [0.25, 0.3) is 11.6 Å². The molecule has 0 bridgehead atoms. The number of rotatable bonds is 5. The highest BCUT2D eigenvalue weighted by Crippen LogP contribution is 2.17. The molecule has 0 saturated heterocycles. The van der Waals surface area contributed by atoms with Crippen LogP contribution < -0.4 is 5.43 Å². The first-order valence-corrected chi connectivity index (χ1v) is 7.33. The summed E-state index contributed by atoms with van der Waals surface area (Å²) in [4.78, 5) is 22.5. The molecule has 124 valence electrons. The number of amides is 1. The molecule has 1 amide bonds. The van der Waals surface area contributed by atoms with Crippen LogP contribution in [0.2, 0.25) is 0 Å². The molecular weight excluding hydrogens is 322 g/mol. The van der Waals surface area contributed by atoms with Gasteiger partial charge in [-0.15, -0.1) is 0 Å². The van der Waals surface area contributed by atoms with Gasteiger partial charge < -0.3 is 0 Å². The van der Waals surface area contributed by atoms with Gasteiger partial charge >= 0.3 is 0 Å². The van der Waals surface area contributed by atoms with Crippen LogP contribution in [0.5, 0.6) is 0 Å². The molecule has 2 N–H and O–H groups in total. The van der Waals surface area contributed by atoms with Crippen molar-refractivity contribution in [2.75, 3.05) is 0 Å². The molecule has 0 saturated carbocycles. The van der Waals surface area contributed by atoms with Crippen LogP contribution in [0.4, 0.5) is 5.69 Å². The van der Waals surface area contributed by atoms with Crippen LogP contribution in [0.25, 0.3) is 11.3 Å². The summed E-state index contributed by atoms with van der Waals surface area (Å²) in [5, 5.41) is 21.4. The number of aromatic nitrogens is 2. The highest BCUT2D eigenvalue weighted by molar-refractivity contribution is 5.94. The van der Waals surface area contributed by atoms with E-state index in [0.717, 1.165) is 5.56 Å². The molecule has 0 atom stereocenters. The molecule has 25 heavy (non-hydrogen) atoms. The highest BCUT2D eigenvalue weighted by Gasteiger charge is 2.12. The summed E-state index contributed by atoms with van der Waals surface area (Å²) in [7, 11) is 0. The number of nitrogens with one attached hydrogen (secondary N) is 2. The number of hydrogen-bond acceptors (Lipinski definition) is 5. The Morgan fingerprint density at radius 2 is 1.88 bits per heavy atom. The number of hydrogen-bond donors (Lipinski definition) is 2. The van der Waals surface area contributed by atoms with E-state index in [1.807, 2.05) is 30.3 Å². The van der Waals surface area contributed by atoms with Gasteiger partial charge in [0, 0.05) is 11.6 Å². The molecular formula is C17H13N5O3. The number of nitro groups is 1. The Labute approximate surface area is 142 Å². The zero-order chi connectivity index (χ0) is 17.6. The van der Waals surface area contributed by atoms with Gasteiger partial charge in [0.15, 0.2) is 0 Å². The summed E-state index contributed by atoms with van der Waals surface area (Å²) in [5.41, 5.74) is 4.26. The lowest BCUT2D eigenvalue weighted by Gasteiger charge is -1.97. The number of para-hydroxylation sites is 1. The van der Waals surface area contributed by atoms with Crippen molar-refractivity contribution in [1.29, 1.82) is 0 Å². The van der Waals surface area contributed by atoms with Gasteiger partial charge in [-0.1, -0.05) is 42.5 Å². The van der Waals surface area contributed by atoms with Crippen LogP contribution in [-0.4, -0.2) is 27.2 Å². The van der Waals surface area contributed by atoms with Gasteiger partial charge in [0.2, 0.25) is 0 Å². The van der Waals surface area contributed by atoms with Gasteiger partial charge in [0.1, 0.15) is 5.69 Å². The van der Waals surface area contributed by atoms with Crippen LogP contribution >= 0.6 is 0 Å². The molecule has 1 heterocycles. The molecule has 0 unspecified atom stereocenters. The van der Waals surface area contributed by atoms with E-state index < -0.39 is 10.8 Å². The molecule has 8 nitrogen and oxygen atoms in total. The van der Waals surface area contributed by atoms with Crippen LogP contribution in [0, 0.1) is 10.1 Å². The van der Waals surface area contributed by atoms with Crippen LogP contribution in [0.3, 0.4) is 0 Å². The third kappa shape index (κ3) is 3.75. The predicted molar refractivity (Wildman–Crippen MR) is 92.2 cm³/mol. The van der Waals surface area contributed by atoms with Gasteiger partial charge in [-0.05, 0) is 12.1 Å². The topological polar surface area (TPSA) is 113 Å². The summed E-state index contributed by atoms with van der Waals surface area (Å²) in [6.07, 6.45) is 1.23. The van der Waals surface area contributed by atoms with Crippen molar-refractivity contribution in [2.45, 2.75) is 0 Å². The Hall–Kier alpha value is -3.81. The molecule has 0 aliphatic carbocycles. The number of hydrazone groups is 1. The van der Waals surface area contributed by atoms with Gasteiger partial charge in [-0.3, -0.25) is 20.0 Å². The van der Waals surface area contributed by atoms with Gasteiger partial charge in [-0.2, -0.15) is 10.2 Å². The summed E-state index contributed by atoms with van der Waals surface area (Å²) in [6.45, 7) is 0. The Kier molecular flexibility index (Phi) is 4.61. The largest absolute Gasteiger partial charge is 0.289 e. The highest BCUT2D eigenvalue weighted by atomic mass is 16.6. The molecule has 8 heteroatoms. The van der Waals surface area contributed by atoms with Crippen molar-refractivity contribution < 1.29 is 9.72 Å². The van der Waals surface area contributed by atoms with Crippen LogP contribution in [0.15, 0.2) is 65.8 Å². The fraction of sp³-hybridized carbons (Fsp3) is 0. The van der Waals surface area contributed by atoms with Crippen molar-refractivity contribution in [3.05, 3.63) is 82.0 Å². The minimum absolute atomic E-state index is 0.0894. The number of carbonyl (C=O) groups is 1.